The predicted octanol–water partition coefficient (Wildman–Crippen LogP) is 3.42. The molecule has 1 aliphatic rings. The van der Waals surface area contributed by atoms with E-state index in [2.05, 4.69) is 51.3 Å². The first-order valence-electron chi connectivity index (χ1n) is 7.47. The lowest BCUT2D eigenvalue weighted by Gasteiger charge is -2.35. The molecular weight excluding hydrogens is 316 g/mol. The van der Waals surface area contributed by atoms with Crippen molar-refractivity contribution < 1.29 is 4.74 Å². The number of hydrogen-bond acceptors (Lipinski definition) is 3. The van der Waals surface area contributed by atoms with Crippen molar-refractivity contribution in [1.29, 1.82) is 0 Å². The second kappa shape index (κ2) is 8.01. The first-order chi connectivity index (χ1) is 9.74. The monoisotopic (exact) mass is 340 g/mol. The van der Waals surface area contributed by atoms with Crippen molar-refractivity contribution in [3.8, 4) is 0 Å². The molecule has 4 heteroatoms. The molecule has 1 atom stereocenters. The van der Waals surface area contributed by atoms with Crippen LogP contribution < -0.4 is 10.2 Å². The van der Waals surface area contributed by atoms with Crippen LogP contribution >= 0.6 is 15.9 Å². The number of ether oxygens (including phenoxy) is 1. The van der Waals surface area contributed by atoms with E-state index >= 15 is 0 Å². The van der Waals surface area contributed by atoms with Crippen LogP contribution in [0, 0.1) is 5.92 Å². The lowest BCUT2D eigenvalue weighted by atomic mass is 9.97. The molecule has 3 nitrogen and oxygen atoms in total. The van der Waals surface area contributed by atoms with Gasteiger partial charge in [-0.05, 0) is 49.1 Å². The smallest absolute Gasteiger partial charge is 0.0507 e. The highest BCUT2D eigenvalue weighted by atomic mass is 79.9. The molecule has 0 spiro atoms. The van der Waals surface area contributed by atoms with E-state index in [1.165, 1.54) is 24.1 Å². The topological polar surface area (TPSA) is 24.5 Å². The van der Waals surface area contributed by atoms with Gasteiger partial charge in [0.1, 0.15) is 0 Å². The van der Waals surface area contributed by atoms with Crippen LogP contribution in [0.25, 0.3) is 0 Å². The van der Waals surface area contributed by atoms with Crippen molar-refractivity contribution >= 4 is 21.6 Å². The van der Waals surface area contributed by atoms with Crippen LogP contribution in [0.3, 0.4) is 0 Å². The number of piperidine rings is 1. The lowest BCUT2D eigenvalue weighted by Crippen LogP contribution is -2.37. The highest BCUT2D eigenvalue weighted by Gasteiger charge is 2.21. The van der Waals surface area contributed by atoms with Gasteiger partial charge in [-0.1, -0.05) is 22.9 Å². The van der Waals surface area contributed by atoms with E-state index in [9.17, 15) is 0 Å². The summed E-state index contributed by atoms with van der Waals surface area (Å²) in [5.41, 5.74) is 2.74. The summed E-state index contributed by atoms with van der Waals surface area (Å²) in [5.74, 6) is 0.657. The largest absolute Gasteiger partial charge is 0.384 e. The Bertz CT molecular complexity index is 423. The van der Waals surface area contributed by atoms with Gasteiger partial charge in [-0.3, -0.25) is 0 Å². The summed E-state index contributed by atoms with van der Waals surface area (Å²) < 4.78 is 6.49. The minimum Gasteiger partial charge on any atom is -0.384 e. The molecule has 0 aromatic heterocycles. The highest BCUT2D eigenvalue weighted by molar-refractivity contribution is 9.10. The molecule has 1 fully saturated rings. The standard InChI is InChI=1S/C16H25BrN2O/c1-3-18-10-14-9-15(17)6-7-16(14)19-8-4-5-13(11-19)12-20-2/h6-7,9,13,18H,3-5,8,10-12H2,1-2H3. The summed E-state index contributed by atoms with van der Waals surface area (Å²) in [6.07, 6.45) is 2.54. The van der Waals surface area contributed by atoms with Gasteiger partial charge in [-0.15, -0.1) is 0 Å². The third-order valence-corrected chi connectivity index (χ3v) is 4.36. The molecule has 1 aromatic carbocycles. The summed E-state index contributed by atoms with van der Waals surface area (Å²) in [6.45, 7) is 7.20. The maximum Gasteiger partial charge on any atom is 0.0507 e. The van der Waals surface area contributed by atoms with Gasteiger partial charge in [0.15, 0.2) is 0 Å². The van der Waals surface area contributed by atoms with Gasteiger partial charge in [0, 0.05) is 36.9 Å². The zero-order valence-electron chi connectivity index (χ0n) is 12.5. The Morgan fingerprint density at radius 3 is 3.05 bits per heavy atom. The summed E-state index contributed by atoms with van der Waals surface area (Å²) >= 11 is 3.58. The third-order valence-electron chi connectivity index (χ3n) is 3.87. The Labute approximate surface area is 130 Å². The van der Waals surface area contributed by atoms with E-state index in [0.717, 1.165) is 37.3 Å². The summed E-state index contributed by atoms with van der Waals surface area (Å²) in [7, 11) is 1.80. The molecule has 1 heterocycles. The van der Waals surface area contributed by atoms with Crippen LogP contribution in [-0.4, -0.2) is 33.4 Å². The van der Waals surface area contributed by atoms with Crippen LogP contribution in [0.4, 0.5) is 5.69 Å². The number of methoxy groups -OCH3 is 1. The van der Waals surface area contributed by atoms with E-state index < -0.39 is 0 Å². The minimum atomic E-state index is 0.657. The number of rotatable bonds is 6. The molecule has 0 bridgehead atoms. The van der Waals surface area contributed by atoms with E-state index in [0.29, 0.717) is 5.92 Å². The van der Waals surface area contributed by atoms with Crippen LogP contribution in [0.1, 0.15) is 25.3 Å². The molecule has 20 heavy (non-hydrogen) atoms. The Morgan fingerprint density at radius 1 is 1.45 bits per heavy atom. The molecule has 1 N–H and O–H groups in total. The molecule has 0 saturated carbocycles. The maximum absolute atomic E-state index is 5.33. The van der Waals surface area contributed by atoms with E-state index in [1.807, 2.05) is 0 Å². The van der Waals surface area contributed by atoms with Crippen molar-refractivity contribution in [2.45, 2.75) is 26.3 Å². The quantitative estimate of drug-likeness (QED) is 0.858. The number of nitrogens with zero attached hydrogens (tertiary/aromatic N) is 1. The summed E-state index contributed by atoms with van der Waals surface area (Å²) in [6, 6.07) is 6.62. The van der Waals surface area contributed by atoms with E-state index in [-0.39, 0.29) is 0 Å². The molecule has 1 aliphatic heterocycles. The number of halogens is 1. The molecule has 0 radical (unpaired) electrons. The third kappa shape index (κ3) is 4.21. The molecule has 2 rings (SSSR count). The normalized spacial score (nSPS) is 19.4. The lowest BCUT2D eigenvalue weighted by molar-refractivity contribution is 0.143. The van der Waals surface area contributed by atoms with Gasteiger partial charge in [0.05, 0.1) is 6.61 Å². The second-order valence-electron chi connectivity index (χ2n) is 5.46. The average Bonchev–Trinajstić information content (AvgIpc) is 2.46. The molecule has 0 amide bonds. The number of nitrogens with one attached hydrogen (secondary N) is 1. The van der Waals surface area contributed by atoms with Gasteiger partial charge < -0.3 is 15.0 Å². The molecule has 112 valence electrons. The first kappa shape index (κ1) is 15.8. The Hall–Kier alpha value is -0.580. The summed E-state index contributed by atoms with van der Waals surface area (Å²) in [5, 5.41) is 3.44. The zero-order chi connectivity index (χ0) is 14.4. The van der Waals surface area contributed by atoms with Gasteiger partial charge in [0.2, 0.25) is 0 Å². The first-order valence-corrected chi connectivity index (χ1v) is 8.27. The SMILES string of the molecule is CCNCc1cc(Br)ccc1N1CCCC(COC)C1. The van der Waals surface area contributed by atoms with Crippen LogP contribution in [-0.2, 0) is 11.3 Å². The fourth-order valence-electron chi connectivity index (χ4n) is 2.92. The summed E-state index contributed by atoms with van der Waals surface area (Å²) in [4.78, 5) is 2.52. The van der Waals surface area contributed by atoms with Crippen molar-refractivity contribution in [3.63, 3.8) is 0 Å². The van der Waals surface area contributed by atoms with Crippen LogP contribution in [0.15, 0.2) is 22.7 Å². The minimum absolute atomic E-state index is 0.657. The molecule has 1 saturated heterocycles. The number of hydrogen-bond donors (Lipinski definition) is 1. The number of anilines is 1. The molecule has 1 unspecified atom stereocenters. The van der Waals surface area contributed by atoms with Crippen molar-refractivity contribution in [2.75, 3.05) is 38.3 Å². The van der Waals surface area contributed by atoms with Crippen molar-refractivity contribution in [3.05, 3.63) is 28.2 Å². The van der Waals surface area contributed by atoms with Crippen LogP contribution in [0.5, 0.6) is 0 Å². The Morgan fingerprint density at radius 2 is 2.30 bits per heavy atom. The molecule has 0 aliphatic carbocycles. The Kier molecular flexibility index (Phi) is 6.33. The van der Waals surface area contributed by atoms with Gasteiger partial charge in [0.25, 0.3) is 0 Å². The van der Waals surface area contributed by atoms with Gasteiger partial charge >= 0.3 is 0 Å². The van der Waals surface area contributed by atoms with Crippen LogP contribution in [0.2, 0.25) is 0 Å². The maximum atomic E-state index is 5.33. The molecular formula is C16H25BrN2O. The van der Waals surface area contributed by atoms with Crippen molar-refractivity contribution in [1.82, 2.24) is 5.32 Å². The highest BCUT2D eigenvalue weighted by Crippen LogP contribution is 2.29. The zero-order valence-corrected chi connectivity index (χ0v) is 14.1. The van der Waals surface area contributed by atoms with E-state index in [4.69, 9.17) is 4.74 Å². The van der Waals surface area contributed by atoms with Crippen molar-refractivity contribution in [2.24, 2.45) is 5.92 Å². The molecule has 1 aromatic rings. The predicted molar refractivity (Wildman–Crippen MR) is 88.3 cm³/mol. The van der Waals surface area contributed by atoms with E-state index in [1.54, 1.807) is 7.11 Å². The van der Waals surface area contributed by atoms with Gasteiger partial charge in [-0.25, -0.2) is 0 Å². The Balaban J connectivity index is 2.13. The number of benzene rings is 1. The average molecular weight is 341 g/mol. The van der Waals surface area contributed by atoms with Gasteiger partial charge in [-0.2, -0.15) is 0 Å². The fraction of sp³-hybridized carbons (Fsp3) is 0.625. The fourth-order valence-corrected chi connectivity index (χ4v) is 3.33. The second-order valence-corrected chi connectivity index (χ2v) is 6.38.